The topological polar surface area (TPSA) is 21.7 Å². The van der Waals surface area contributed by atoms with Crippen LogP contribution < -0.4 is 0 Å². The molecule has 2 fully saturated rings. The van der Waals surface area contributed by atoms with Crippen LogP contribution in [0.3, 0.4) is 0 Å². The van der Waals surface area contributed by atoms with Gasteiger partial charge in [0.05, 0.1) is 13.2 Å². The molecular weight excluding hydrogens is 166 g/mol. The molecule has 2 heterocycles. The zero-order valence-corrected chi connectivity index (χ0v) is 8.21. The first-order valence-electron chi connectivity index (χ1n) is 5.33. The van der Waals surface area contributed by atoms with Gasteiger partial charge in [0.15, 0.2) is 0 Å². The van der Waals surface area contributed by atoms with Gasteiger partial charge < -0.3 is 9.47 Å². The average Bonchev–Trinajstić information content (AvgIpc) is 2.21. The molecule has 2 saturated heterocycles. The Balaban J connectivity index is 1.69. The van der Waals surface area contributed by atoms with Crippen molar-refractivity contribution in [2.45, 2.75) is 12.8 Å². The fourth-order valence-electron chi connectivity index (χ4n) is 2.08. The Hall–Kier alpha value is -0.120. The lowest BCUT2D eigenvalue weighted by Gasteiger charge is -2.32. The summed E-state index contributed by atoms with van der Waals surface area (Å²) in [5.74, 6) is 0.867. The predicted molar refractivity (Wildman–Crippen MR) is 50.8 cm³/mol. The molecule has 76 valence electrons. The second-order valence-corrected chi connectivity index (χ2v) is 3.97. The SMILES string of the molecule is C1CC(CN2CCOCC2)CCO1. The van der Waals surface area contributed by atoms with Crippen molar-refractivity contribution in [3.8, 4) is 0 Å². The molecule has 0 radical (unpaired) electrons. The summed E-state index contributed by atoms with van der Waals surface area (Å²) in [6.07, 6.45) is 2.49. The molecule has 3 nitrogen and oxygen atoms in total. The van der Waals surface area contributed by atoms with Crippen molar-refractivity contribution < 1.29 is 9.47 Å². The summed E-state index contributed by atoms with van der Waals surface area (Å²) in [6.45, 7) is 7.28. The largest absolute Gasteiger partial charge is 0.381 e. The molecule has 2 aliphatic heterocycles. The number of hydrogen-bond donors (Lipinski definition) is 0. The molecule has 3 heteroatoms. The Morgan fingerprint density at radius 2 is 1.54 bits per heavy atom. The van der Waals surface area contributed by atoms with Gasteiger partial charge in [0.1, 0.15) is 0 Å². The smallest absolute Gasteiger partial charge is 0.0594 e. The second-order valence-electron chi connectivity index (χ2n) is 3.97. The predicted octanol–water partition coefficient (Wildman–Crippen LogP) is 0.745. The zero-order chi connectivity index (χ0) is 8.93. The van der Waals surface area contributed by atoms with Gasteiger partial charge in [-0.3, -0.25) is 4.90 Å². The summed E-state index contributed by atoms with van der Waals surface area (Å²) >= 11 is 0. The van der Waals surface area contributed by atoms with Crippen LogP contribution in [-0.4, -0.2) is 51.0 Å². The maximum absolute atomic E-state index is 5.35. The number of hydrogen-bond acceptors (Lipinski definition) is 3. The third-order valence-electron chi connectivity index (χ3n) is 2.96. The van der Waals surface area contributed by atoms with Crippen molar-refractivity contribution in [1.29, 1.82) is 0 Å². The van der Waals surface area contributed by atoms with Crippen molar-refractivity contribution in [1.82, 2.24) is 4.90 Å². The minimum atomic E-state index is 0.867. The Morgan fingerprint density at radius 3 is 2.23 bits per heavy atom. The quantitative estimate of drug-likeness (QED) is 0.633. The van der Waals surface area contributed by atoms with E-state index in [4.69, 9.17) is 9.47 Å². The van der Waals surface area contributed by atoms with Crippen LogP contribution in [0.1, 0.15) is 12.8 Å². The van der Waals surface area contributed by atoms with E-state index in [1.807, 2.05) is 0 Å². The zero-order valence-electron chi connectivity index (χ0n) is 8.21. The van der Waals surface area contributed by atoms with E-state index in [-0.39, 0.29) is 0 Å². The fraction of sp³-hybridized carbons (Fsp3) is 1.00. The Morgan fingerprint density at radius 1 is 0.923 bits per heavy atom. The van der Waals surface area contributed by atoms with E-state index < -0.39 is 0 Å². The molecule has 0 aliphatic carbocycles. The fourth-order valence-corrected chi connectivity index (χ4v) is 2.08. The molecule has 2 aliphatic rings. The van der Waals surface area contributed by atoms with E-state index in [2.05, 4.69) is 4.90 Å². The monoisotopic (exact) mass is 185 g/mol. The van der Waals surface area contributed by atoms with Crippen molar-refractivity contribution in [2.24, 2.45) is 5.92 Å². The molecule has 0 atom stereocenters. The number of nitrogens with zero attached hydrogens (tertiary/aromatic N) is 1. The van der Waals surface area contributed by atoms with E-state index in [0.29, 0.717) is 0 Å². The minimum absolute atomic E-state index is 0.867. The molecule has 0 bridgehead atoms. The summed E-state index contributed by atoms with van der Waals surface area (Å²) in [6, 6.07) is 0. The number of rotatable bonds is 2. The van der Waals surface area contributed by atoms with E-state index in [1.165, 1.54) is 19.4 Å². The number of ether oxygens (including phenoxy) is 2. The minimum Gasteiger partial charge on any atom is -0.381 e. The van der Waals surface area contributed by atoms with Crippen LogP contribution in [0.15, 0.2) is 0 Å². The summed E-state index contributed by atoms with van der Waals surface area (Å²) < 4.78 is 10.7. The van der Waals surface area contributed by atoms with Gasteiger partial charge in [-0.2, -0.15) is 0 Å². The van der Waals surface area contributed by atoms with Crippen LogP contribution in [-0.2, 0) is 9.47 Å². The summed E-state index contributed by atoms with van der Waals surface area (Å²) in [7, 11) is 0. The van der Waals surface area contributed by atoms with Crippen molar-refractivity contribution in [2.75, 3.05) is 46.1 Å². The standard InChI is InChI=1S/C10H19NO2/c1-5-12-6-2-10(1)9-11-3-7-13-8-4-11/h10H,1-9H2. The van der Waals surface area contributed by atoms with Crippen molar-refractivity contribution in [3.63, 3.8) is 0 Å². The van der Waals surface area contributed by atoms with Gasteiger partial charge in [-0.25, -0.2) is 0 Å². The average molecular weight is 185 g/mol. The molecular formula is C10H19NO2. The summed E-state index contributed by atoms with van der Waals surface area (Å²) in [5, 5.41) is 0. The highest BCUT2D eigenvalue weighted by Gasteiger charge is 2.18. The summed E-state index contributed by atoms with van der Waals surface area (Å²) in [4.78, 5) is 2.53. The first kappa shape index (κ1) is 9.44. The van der Waals surface area contributed by atoms with Gasteiger partial charge in [-0.1, -0.05) is 0 Å². The first-order chi connectivity index (χ1) is 6.45. The second kappa shape index (κ2) is 4.94. The molecule has 0 aromatic carbocycles. The van der Waals surface area contributed by atoms with Gasteiger partial charge in [0, 0.05) is 32.8 Å². The molecule has 0 spiro atoms. The Kier molecular flexibility index (Phi) is 3.58. The van der Waals surface area contributed by atoms with E-state index in [9.17, 15) is 0 Å². The Labute approximate surface area is 80.0 Å². The molecule has 0 aromatic heterocycles. The maximum Gasteiger partial charge on any atom is 0.0594 e. The highest BCUT2D eigenvalue weighted by atomic mass is 16.5. The molecule has 2 rings (SSSR count). The molecule has 0 amide bonds. The normalized spacial score (nSPS) is 27.7. The van der Waals surface area contributed by atoms with E-state index >= 15 is 0 Å². The van der Waals surface area contributed by atoms with Gasteiger partial charge in [-0.15, -0.1) is 0 Å². The van der Waals surface area contributed by atoms with Gasteiger partial charge >= 0.3 is 0 Å². The lowest BCUT2D eigenvalue weighted by molar-refractivity contribution is 0.0105. The lowest BCUT2D eigenvalue weighted by Crippen LogP contribution is -2.40. The van der Waals surface area contributed by atoms with Crippen LogP contribution in [0.25, 0.3) is 0 Å². The lowest BCUT2D eigenvalue weighted by atomic mass is 9.99. The maximum atomic E-state index is 5.35. The van der Waals surface area contributed by atoms with Gasteiger partial charge in [0.2, 0.25) is 0 Å². The molecule has 0 unspecified atom stereocenters. The van der Waals surface area contributed by atoms with Crippen LogP contribution in [0.4, 0.5) is 0 Å². The van der Waals surface area contributed by atoms with Crippen molar-refractivity contribution in [3.05, 3.63) is 0 Å². The Bertz CT molecular complexity index is 124. The van der Waals surface area contributed by atoms with Crippen LogP contribution >= 0.6 is 0 Å². The van der Waals surface area contributed by atoms with E-state index in [0.717, 1.165) is 45.4 Å². The highest BCUT2D eigenvalue weighted by molar-refractivity contribution is 4.70. The number of morpholine rings is 1. The summed E-state index contributed by atoms with van der Waals surface area (Å²) in [5.41, 5.74) is 0. The molecule has 0 saturated carbocycles. The van der Waals surface area contributed by atoms with Gasteiger partial charge in [0.25, 0.3) is 0 Å². The highest BCUT2D eigenvalue weighted by Crippen LogP contribution is 2.16. The third kappa shape index (κ3) is 2.93. The molecule has 0 aromatic rings. The van der Waals surface area contributed by atoms with E-state index in [1.54, 1.807) is 0 Å². The molecule has 0 N–H and O–H groups in total. The van der Waals surface area contributed by atoms with Crippen LogP contribution in [0.5, 0.6) is 0 Å². The first-order valence-corrected chi connectivity index (χ1v) is 5.33. The van der Waals surface area contributed by atoms with Crippen LogP contribution in [0.2, 0.25) is 0 Å². The van der Waals surface area contributed by atoms with Crippen molar-refractivity contribution >= 4 is 0 Å². The van der Waals surface area contributed by atoms with Gasteiger partial charge in [-0.05, 0) is 18.8 Å². The molecule has 13 heavy (non-hydrogen) atoms. The third-order valence-corrected chi connectivity index (χ3v) is 2.96. The van der Waals surface area contributed by atoms with Crippen LogP contribution in [0, 0.1) is 5.92 Å².